The van der Waals surface area contributed by atoms with Crippen LogP contribution >= 0.6 is 0 Å². The van der Waals surface area contributed by atoms with Gasteiger partial charge < -0.3 is 14.7 Å². The second-order valence-electron chi connectivity index (χ2n) is 5.57. The summed E-state index contributed by atoms with van der Waals surface area (Å²) in [4.78, 5) is 25.5. The molecular weight excluding hydrogens is 270 g/mol. The van der Waals surface area contributed by atoms with E-state index in [4.69, 9.17) is 4.74 Å². The molecule has 0 radical (unpaired) electrons. The number of esters is 1. The third-order valence-electron chi connectivity index (χ3n) is 4.00. The fourth-order valence-corrected chi connectivity index (χ4v) is 2.64. The van der Waals surface area contributed by atoms with Crippen LogP contribution in [0.3, 0.4) is 0 Å². The van der Waals surface area contributed by atoms with Crippen LogP contribution < -0.4 is 0 Å². The highest BCUT2D eigenvalue weighted by Gasteiger charge is 2.39. The van der Waals surface area contributed by atoms with Crippen molar-refractivity contribution in [2.45, 2.75) is 38.8 Å². The third-order valence-corrected chi connectivity index (χ3v) is 4.00. The van der Waals surface area contributed by atoms with E-state index in [2.05, 4.69) is 0 Å². The Kier molecular flexibility index (Phi) is 4.63. The minimum absolute atomic E-state index is 0.162. The van der Waals surface area contributed by atoms with E-state index in [0.29, 0.717) is 0 Å². The molecule has 2 rings (SSSR count). The second-order valence-corrected chi connectivity index (χ2v) is 5.57. The molecule has 1 aliphatic heterocycles. The van der Waals surface area contributed by atoms with E-state index in [0.717, 1.165) is 11.1 Å². The number of nitrogens with zero attached hydrogens (tertiary/aromatic N) is 1. The smallest absolute Gasteiger partial charge is 0.328 e. The van der Waals surface area contributed by atoms with E-state index >= 15 is 0 Å². The maximum Gasteiger partial charge on any atom is 0.328 e. The highest BCUT2D eigenvalue weighted by Crippen LogP contribution is 2.21. The zero-order valence-electron chi connectivity index (χ0n) is 12.6. The predicted octanol–water partition coefficient (Wildman–Crippen LogP) is 0.981. The van der Waals surface area contributed by atoms with Crippen molar-refractivity contribution in [2.24, 2.45) is 0 Å². The summed E-state index contributed by atoms with van der Waals surface area (Å²) in [6.45, 7) is 4.20. The number of rotatable bonds is 3. The molecule has 5 nitrogen and oxygen atoms in total. The van der Waals surface area contributed by atoms with Crippen molar-refractivity contribution in [3.05, 3.63) is 34.9 Å². The van der Waals surface area contributed by atoms with E-state index in [9.17, 15) is 14.7 Å². The van der Waals surface area contributed by atoms with Crippen molar-refractivity contribution in [2.75, 3.05) is 13.7 Å². The molecule has 1 aromatic rings. The summed E-state index contributed by atoms with van der Waals surface area (Å²) in [5.74, 6) is -0.634. The monoisotopic (exact) mass is 291 g/mol. The first-order valence-corrected chi connectivity index (χ1v) is 7.04. The number of aliphatic hydroxyl groups excluding tert-OH is 1. The number of aryl methyl sites for hydroxylation is 2. The van der Waals surface area contributed by atoms with Crippen molar-refractivity contribution in [3.8, 4) is 0 Å². The number of likely N-dealkylation sites (tertiary alicyclic amines) is 1. The summed E-state index contributed by atoms with van der Waals surface area (Å²) < 4.78 is 4.70. The number of carbonyl (C=O) groups excluding carboxylic acids is 2. The van der Waals surface area contributed by atoms with Crippen molar-refractivity contribution in [3.63, 3.8) is 0 Å². The topological polar surface area (TPSA) is 66.8 Å². The zero-order chi connectivity index (χ0) is 15.6. The van der Waals surface area contributed by atoms with Crippen LogP contribution in [0.5, 0.6) is 0 Å². The molecule has 1 amide bonds. The van der Waals surface area contributed by atoms with Crippen molar-refractivity contribution in [1.82, 2.24) is 4.90 Å². The van der Waals surface area contributed by atoms with Crippen molar-refractivity contribution < 1.29 is 19.4 Å². The summed E-state index contributed by atoms with van der Waals surface area (Å²) in [5.41, 5.74) is 3.22. The molecule has 0 saturated carbocycles. The van der Waals surface area contributed by atoms with Gasteiger partial charge >= 0.3 is 5.97 Å². The summed E-state index contributed by atoms with van der Waals surface area (Å²) in [5, 5.41) is 9.71. The zero-order valence-corrected chi connectivity index (χ0v) is 12.6. The van der Waals surface area contributed by atoms with Gasteiger partial charge in [-0.3, -0.25) is 4.79 Å². The van der Waals surface area contributed by atoms with Crippen LogP contribution in [-0.4, -0.2) is 47.7 Å². The lowest BCUT2D eigenvalue weighted by molar-refractivity contribution is -0.150. The molecule has 2 atom stereocenters. The Morgan fingerprint density at radius 3 is 2.67 bits per heavy atom. The largest absolute Gasteiger partial charge is 0.467 e. The van der Waals surface area contributed by atoms with Crippen molar-refractivity contribution in [1.29, 1.82) is 0 Å². The molecule has 5 heteroatoms. The van der Waals surface area contributed by atoms with Gasteiger partial charge in [-0.2, -0.15) is 0 Å². The highest BCUT2D eigenvalue weighted by molar-refractivity contribution is 5.86. The summed E-state index contributed by atoms with van der Waals surface area (Å²) in [6, 6.07) is 5.20. The number of hydrogen-bond donors (Lipinski definition) is 1. The molecule has 1 aromatic carbocycles. The lowest BCUT2D eigenvalue weighted by atomic mass is 10.0. The van der Waals surface area contributed by atoms with Gasteiger partial charge in [-0.25, -0.2) is 4.79 Å². The summed E-state index contributed by atoms with van der Waals surface area (Å²) in [6.07, 6.45) is -0.204. The molecule has 114 valence electrons. The Morgan fingerprint density at radius 2 is 2.05 bits per heavy atom. The molecule has 0 aromatic heterocycles. The number of carbonyl (C=O) groups is 2. The number of benzene rings is 1. The SMILES string of the molecule is COC(=O)C1CC(O)CN1C(=O)Cc1ccc(C)c(C)c1. The molecule has 1 N–H and O–H groups in total. The van der Waals surface area contributed by atoms with Crippen LogP contribution in [0.4, 0.5) is 0 Å². The molecule has 2 unspecified atom stereocenters. The van der Waals surface area contributed by atoms with Gasteiger partial charge in [0.05, 0.1) is 19.6 Å². The Bertz CT molecular complexity index is 555. The van der Waals surface area contributed by atoms with Gasteiger partial charge in [-0.15, -0.1) is 0 Å². The fourth-order valence-electron chi connectivity index (χ4n) is 2.64. The molecular formula is C16H21NO4. The van der Waals surface area contributed by atoms with Gasteiger partial charge in [0.25, 0.3) is 0 Å². The van der Waals surface area contributed by atoms with Gasteiger partial charge in [-0.05, 0) is 30.5 Å². The molecule has 1 aliphatic rings. The van der Waals surface area contributed by atoms with Gasteiger partial charge in [0, 0.05) is 13.0 Å². The molecule has 1 saturated heterocycles. The maximum atomic E-state index is 12.4. The molecule has 21 heavy (non-hydrogen) atoms. The predicted molar refractivity (Wildman–Crippen MR) is 77.8 cm³/mol. The Hall–Kier alpha value is -1.88. The number of β-amino-alcohol motifs (C(OH)–C–C–N with tert-alkyl or cyclic N) is 1. The normalized spacial score (nSPS) is 21.4. The number of methoxy groups -OCH3 is 1. The first kappa shape index (κ1) is 15.5. The van der Waals surface area contributed by atoms with Gasteiger partial charge in [0.2, 0.25) is 5.91 Å². The van der Waals surface area contributed by atoms with E-state index in [1.165, 1.54) is 17.6 Å². The van der Waals surface area contributed by atoms with E-state index in [1.54, 1.807) is 0 Å². The Morgan fingerprint density at radius 1 is 1.33 bits per heavy atom. The van der Waals surface area contributed by atoms with Gasteiger partial charge in [0.15, 0.2) is 0 Å². The minimum Gasteiger partial charge on any atom is -0.467 e. The Labute approximate surface area is 124 Å². The molecule has 1 fully saturated rings. The molecule has 0 aliphatic carbocycles. The summed E-state index contributed by atoms with van der Waals surface area (Å²) >= 11 is 0. The average Bonchev–Trinajstić information content (AvgIpc) is 2.84. The quantitative estimate of drug-likeness (QED) is 0.843. The van der Waals surface area contributed by atoms with Crippen LogP contribution in [0, 0.1) is 13.8 Å². The Balaban J connectivity index is 2.11. The maximum absolute atomic E-state index is 12.4. The lowest BCUT2D eigenvalue weighted by Gasteiger charge is -2.22. The number of amides is 1. The summed E-state index contributed by atoms with van der Waals surface area (Å²) in [7, 11) is 1.29. The van der Waals surface area contributed by atoms with Crippen LogP contribution in [-0.2, 0) is 20.7 Å². The lowest BCUT2D eigenvalue weighted by Crippen LogP contribution is -2.42. The van der Waals surface area contributed by atoms with Crippen LogP contribution in [0.2, 0.25) is 0 Å². The first-order chi connectivity index (χ1) is 9.92. The van der Waals surface area contributed by atoms with Gasteiger partial charge in [-0.1, -0.05) is 18.2 Å². The fraction of sp³-hybridized carbons (Fsp3) is 0.500. The number of hydrogen-bond acceptors (Lipinski definition) is 4. The van der Waals surface area contributed by atoms with Crippen LogP contribution in [0.25, 0.3) is 0 Å². The first-order valence-electron chi connectivity index (χ1n) is 7.04. The molecule has 1 heterocycles. The van der Waals surface area contributed by atoms with Crippen LogP contribution in [0.1, 0.15) is 23.1 Å². The molecule has 0 bridgehead atoms. The molecule has 0 spiro atoms. The number of aliphatic hydroxyl groups is 1. The third kappa shape index (κ3) is 3.42. The van der Waals surface area contributed by atoms with E-state index < -0.39 is 18.1 Å². The average molecular weight is 291 g/mol. The highest BCUT2D eigenvalue weighted by atomic mass is 16.5. The minimum atomic E-state index is -0.677. The van der Waals surface area contributed by atoms with Crippen LogP contribution in [0.15, 0.2) is 18.2 Å². The number of ether oxygens (including phenoxy) is 1. The van der Waals surface area contributed by atoms with E-state index in [-0.39, 0.29) is 25.3 Å². The second kappa shape index (κ2) is 6.26. The van der Waals surface area contributed by atoms with E-state index in [1.807, 2.05) is 32.0 Å². The standard InChI is InChI=1S/C16H21NO4/c1-10-4-5-12(6-11(10)2)7-15(19)17-9-13(18)8-14(17)16(20)21-3/h4-6,13-14,18H,7-9H2,1-3H3. The van der Waals surface area contributed by atoms with Crippen molar-refractivity contribution >= 4 is 11.9 Å². The van der Waals surface area contributed by atoms with Gasteiger partial charge in [0.1, 0.15) is 6.04 Å².